The van der Waals surface area contributed by atoms with Gasteiger partial charge in [-0.2, -0.15) is 0 Å². The standard InChI is InChI=1S/C13H13Br2N5O3/c14-7(15)3-1-2-6-9(21)10(22)13(23-6)20-5-19-8-11(16)17-4-18-12(8)20/h1-6,9-10,13,21-22H,(H2,16,17,18)/b2-1+/t6-,9-,10-,13-/m1/s1. The number of nitrogens with two attached hydrogens (primary N) is 1. The summed E-state index contributed by atoms with van der Waals surface area (Å²) in [4.78, 5) is 12.1. The van der Waals surface area contributed by atoms with Crippen molar-refractivity contribution >= 4 is 48.8 Å². The Kier molecular flexibility index (Phi) is 4.78. The summed E-state index contributed by atoms with van der Waals surface area (Å²) in [5.74, 6) is 0.241. The van der Waals surface area contributed by atoms with Crippen LogP contribution >= 0.6 is 31.9 Å². The molecule has 0 unspecified atom stereocenters. The van der Waals surface area contributed by atoms with E-state index in [0.717, 1.165) is 3.39 Å². The number of aliphatic hydroxyl groups is 2. The minimum atomic E-state index is -1.13. The lowest BCUT2D eigenvalue weighted by atomic mass is 10.1. The second kappa shape index (κ2) is 6.65. The molecule has 1 aliphatic rings. The smallest absolute Gasteiger partial charge is 0.167 e. The van der Waals surface area contributed by atoms with E-state index >= 15 is 0 Å². The fourth-order valence-electron chi connectivity index (χ4n) is 2.37. The molecule has 4 N–H and O–H groups in total. The van der Waals surface area contributed by atoms with Crippen LogP contribution in [0.2, 0.25) is 0 Å². The number of fused-ring (bicyclic) bond motifs is 1. The zero-order chi connectivity index (χ0) is 16.6. The van der Waals surface area contributed by atoms with Crippen molar-refractivity contribution in [3.63, 3.8) is 0 Å². The molecule has 0 bridgehead atoms. The molecule has 3 rings (SSSR count). The van der Waals surface area contributed by atoms with Gasteiger partial charge in [-0.3, -0.25) is 4.57 Å². The Balaban J connectivity index is 1.89. The summed E-state index contributed by atoms with van der Waals surface area (Å²) in [6, 6.07) is 0. The highest BCUT2D eigenvalue weighted by molar-refractivity contribution is 9.28. The van der Waals surface area contributed by atoms with Gasteiger partial charge in [0.25, 0.3) is 0 Å². The summed E-state index contributed by atoms with van der Waals surface area (Å²) in [6.07, 6.45) is 4.16. The van der Waals surface area contributed by atoms with Gasteiger partial charge in [-0.15, -0.1) is 0 Å². The second-order valence-electron chi connectivity index (χ2n) is 4.90. The summed E-state index contributed by atoms with van der Waals surface area (Å²) in [6.45, 7) is 0. The van der Waals surface area contributed by atoms with Crippen LogP contribution in [0.15, 0.2) is 34.3 Å². The van der Waals surface area contributed by atoms with Gasteiger partial charge < -0.3 is 20.7 Å². The van der Waals surface area contributed by atoms with E-state index in [1.807, 2.05) is 0 Å². The topological polar surface area (TPSA) is 119 Å². The molecule has 0 amide bonds. The minimum absolute atomic E-state index is 0.241. The SMILES string of the molecule is Nc1ncnc2c1ncn2[C@@H]1O[C@H](/C=C/C=C(Br)Br)[C@@H](O)[C@H]1O. The van der Waals surface area contributed by atoms with Crippen LogP contribution in [0.25, 0.3) is 11.2 Å². The van der Waals surface area contributed by atoms with Crippen LogP contribution in [0.3, 0.4) is 0 Å². The molecule has 3 heterocycles. The van der Waals surface area contributed by atoms with E-state index in [2.05, 4.69) is 46.8 Å². The quantitative estimate of drug-likeness (QED) is 0.606. The molecule has 0 saturated carbocycles. The van der Waals surface area contributed by atoms with Crippen LogP contribution < -0.4 is 5.73 Å². The normalized spacial score (nSPS) is 27.8. The van der Waals surface area contributed by atoms with Crippen molar-refractivity contribution in [1.29, 1.82) is 0 Å². The van der Waals surface area contributed by atoms with Crippen molar-refractivity contribution in [3.8, 4) is 0 Å². The van der Waals surface area contributed by atoms with Gasteiger partial charge in [-0.25, -0.2) is 15.0 Å². The molecule has 0 aromatic carbocycles. The molecule has 0 aliphatic carbocycles. The third-order valence-corrected chi connectivity index (χ3v) is 3.99. The average Bonchev–Trinajstić information content (AvgIpc) is 3.04. The van der Waals surface area contributed by atoms with E-state index < -0.39 is 24.5 Å². The third kappa shape index (κ3) is 3.17. The van der Waals surface area contributed by atoms with Gasteiger partial charge in [0.15, 0.2) is 17.7 Å². The number of aromatic nitrogens is 4. The van der Waals surface area contributed by atoms with Gasteiger partial charge in [-0.1, -0.05) is 12.2 Å². The van der Waals surface area contributed by atoms with Crippen molar-refractivity contribution in [2.75, 3.05) is 5.73 Å². The van der Waals surface area contributed by atoms with Crippen molar-refractivity contribution in [1.82, 2.24) is 19.5 Å². The van der Waals surface area contributed by atoms with E-state index in [0.29, 0.717) is 11.2 Å². The van der Waals surface area contributed by atoms with Crippen LogP contribution in [-0.4, -0.2) is 48.0 Å². The molecule has 23 heavy (non-hydrogen) atoms. The molecule has 1 fully saturated rings. The number of hydrogen-bond acceptors (Lipinski definition) is 7. The number of imidazole rings is 1. The summed E-state index contributed by atoms with van der Waals surface area (Å²) in [7, 11) is 0. The average molecular weight is 447 g/mol. The zero-order valence-electron chi connectivity index (χ0n) is 11.6. The van der Waals surface area contributed by atoms with E-state index in [1.54, 1.807) is 18.2 Å². The molecule has 4 atom stereocenters. The Bertz CT molecular complexity index is 774. The summed E-state index contributed by atoms with van der Waals surface area (Å²) < 4.78 is 8.02. The van der Waals surface area contributed by atoms with E-state index in [1.165, 1.54) is 17.2 Å². The molecular formula is C13H13Br2N5O3. The van der Waals surface area contributed by atoms with E-state index in [9.17, 15) is 10.2 Å². The molecular weight excluding hydrogens is 434 g/mol. The molecule has 0 radical (unpaired) electrons. The first-order valence-corrected chi connectivity index (χ1v) is 8.21. The lowest BCUT2D eigenvalue weighted by molar-refractivity contribution is -0.0244. The maximum Gasteiger partial charge on any atom is 0.167 e. The zero-order valence-corrected chi connectivity index (χ0v) is 14.8. The van der Waals surface area contributed by atoms with Crippen LogP contribution in [-0.2, 0) is 4.74 Å². The highest BCUT2D eigenvalue weighted by Gasteiger charge is 2.43. The van der Waals surface area contributed by atoms with E-state index in [4.69, 9.17) is 10.5 Å². The van der Waals surface area contributed by atoms with Gasteiger partial charge in [0.2, 0.25) is 0 Å². The molecule has 1 saturated heterocycles. The molecule has 10 heteroatoms. The van der Waals surface area contributed by atoms with Gasteiger partial charge in [0.1, 0.15) is 30.2 Å². The number of hydrogen-bond donors (Lipinski definition) is 3. The fraction of sp³-hybridized carbons (Fsp3) is 0.308. The Hall–Kier alpha value is -1.33. The maximum atomic E-state index is 10.3. The van der Waals surface area contributed by atoms with Gasteiger partial charge >= 0.3 is 0 Å². The number of allylic oxidation sites excluding steroid dienone is 2. The summed E-state index contributed by atoms with van der Waals surface area (Å²) in [5.41, 5.74) is 6.60. The lowest BCUT2D eigenvalue weighted by Crippen LogP contribution is -2.30. The third-order valence-electron chi connectivity index (χ3n) is 3.46. The molecule has 122 valence electrons. The van der Waals surface area contributed by atoms with Gasteiger partial charge in [0.05, 0.1) is 9.72 Å². The first-order chi connectivity index (χ1) is 11.0. The monoisotopic (exact) mass is 445 g/mol. The summed E-state index contributed by atoms with van der Waals surface area (Å²) in [5, 5.41) is 20.4. The van der Waals surface area contributed by atoms with Crippen LogP contribution in [0.4, 0.5) is 5.82 Å². The largest absolute Gasteiger partial charge is 0.387 e. The number of rotatable bonds is 3. The predicted molar refractivity (Wildman–Crippen MR) is 90.7 cm³/mol. The van der Waals surface area contributed by atoms with Crippen LogP contribution in [0, 0.1) is 0 Å². The predicted octanol–water partition coefficient (Wildman–Crippen LogP) is 1.22. The molecule has 0 spiro atoms. The van der Waals surface area contributed by atoms with Crippen LogP contribution in [0.5, 0.6) is 0 Å². The van der Waals surface area contributed by atoms with Crippen LogP contribution in [0.1, 0.15) is 6.23 Å². The lowest BCUT2D eigenvalue weighted by Gasteiger charge is -2.16. The fourth-order valence-corrected chi connectivity index (χ4v) is 2.67. The number of anilines is 1. The highest BCUT2D eigenvalue weighted by atomic mass is 79.9. The van der Waals surface area contributed by atoms with Crippen molar-refractivity contribution in [2.24, 2.45) is 0 Å². The van der Waals surface area contributed by atoms with Crippen molar-refractivity contribution < 1.29 is 14.9 Å². The molecule has 8 nitrogen and oxygen atoms in total. The molecule has 1 aliphatic heterocycles. The Morgan fingerprint density at radius 1 is 1.26 bits per heavy atom. The number of nitrogen functional groups attached to an aromatic ring is 1. The Morgan fingerprint density at radius 2 is 2.04 bits per heavy atom. The number of aliphatic hydroxyl groups excluding tert-OH is 2. The minimum Gasteiger partial charge on any atom is -0.387 e. The van der Waals surface area contributed by atoms with Crippen molar-refractivity contribution in [2.45, 2.75) is 24.5 Å². The van der Waals surface area contributed by atoms with E-state index in [-0.39, 0.29) is 5.82 Å². The maximum absolute atomic E-state index is 10.3. The highest BCUT2D eigenvalue weighted by Crippen LogP contribution is 2.32. The first-order valence-electron chi connectivity index (χ1n) is 6.63. The number of ether oxygens (including phenoxy) is 1. The van der Waals surface area contributed by atoms with Gasteiger partial charge in [-0.05, 0) is 37.9 Å². The first kappa shape index (κ1) is 16.5. The number of halogens is 2. The number of nitrogens with zero attached hydrogens (tertiary/aromatic N) is 4. The Labute approximate surface area is 148 Å². The molecule has 2 aromatic rings. The van der Waals surface area contributed by atoms with Crippen molar-refractivity contribution in [3.05, 3.63) is 34.3 Å². The summed E-state index contributed by atoms with van der Waals surface area (Å²) >= 11 is 6.45. The van der Waals surface area contributed by atoms with Gasteiger partial charge in [0, 0.05) is 0 Å². The molecule has 2 aromatic heterocycles. The second-order valence-corrected chi connectivity index (χ2v) is 7.67. The Morgan fingerprint density at radius 3 is 2.78 bits per heavy atom.